The summed E-state index contributed by atoms with van der Waals surface area (Å²) >= 11 is 6.04. The molecule has 1 atom stereocenters. The number of halogens is 2. The van der Waals surface area contributed by atoms with E-state index in [0.717, 1.165) is 12.8 Å². The van der Waals surface area contributed by atoms with Gasteiger partial charge in [-0.3, -0.25) is 4.79 Å². The molecule has 0 spiro atoms. The molecule has 1 heterocycles. The Hall–Kier alpha value is -0.780. The lowest BCUT2D eigenvalue weighted by atomic mass is 10.1. The van der Waals surface area contributed by atoms with Gasteiger partial charge in [-0.05, 0) is 37.0 Å². The Morgan fingerprint density at radius 2 is 2.10 bits per heavy atom. The average Bonchev–Trinajstić information content (AvgIpc) is 2.88. The molecule has 1 aromatic rings. The highest BCUT2D eigenvalue weighted by Crippen LogP contribution is 2.29. The van der Waals surface area contributed by atoms with E-state index >= 15 is 0 Å². The fourth-order valence-corrected chi connectivity index (χ4v) is 3.61. The standard InChI is InChI=1S/C14H17Cl2NO3S/c1-3-10-4-5-17(8-10)14(18)12-6-11(21(16,19)20)7-13(15)9(12)2/h6-7,10H,3-5,8H2,1-2H3. The van der Waals surface area contributed by atoms with Gasteiger partial charge in [-0.2, -0.15) is 0 Å². The van der Waals surface area contributed by atoms with Gasteiger partial charge in [0, 0.05) is 34.4 Å². The maximum absolute atomic E-state index is 12.6. The van der Waals surface area contributed by atoms with Crippen LogP contribution < -0.4 is 0 Å². The van der Waals surface area contributed by atoms with E-state index in [1.165, 1.54) is 12.1 Å². The zero-order chi connectivity index (χ0) is 15.8. The lowest BCUT2D eigenvalue weighted by Gasteiger charge is -2.18. The maximum atomic E-state index is 12.6. The quantitative estimate of drug-likeness (QED) is 0.785. The number of carbonyl (C=O) groups excluding carboxylic acids is 1. The van der Waals surface area contributed by atoms with Gasteiger partial charge in [0.05, 0.1) is 4.90 Å². The summed E-state index contributed by atoms with van der Waals surface area (Å²) in [5.41, 5.74) is 0.879. The minimum absolute atomic E-state index is 0.144. The fraction of sp³-hybridized carbons (Fsp3) is 0.500. The summed E-state index contributed by atoms with van der Waals surface area (Å²) in [6.45, 7) is 5.19. The molecule has 0 saturated carbocycles. The average molecular weight is 350 g/mol. The Morgan fingerprint density at radius 1 is 1.43 bits per heavy atom. The van der Waals surface area contributed by atoms with Crippen molar-refractivity contribution in [2.24, 2.45) is 5.92 Å². The predicted octanol–water partition coefficient (Wildman–Crippen LogP) is 3.45. The molecule has 1 aromatic carbocycles. The van der Waals surface area contributed by atoms with Crippen LogP contribution >= 0.6 is 22.3 Å². The van der Waals surface area contributed by atoms with Crippen LogP contribution in [0.3, 0.4) is 0 Å². The predicted molar refractivity (Wildman–Crippen MR) is 83.5 cm³/mol. The zero-order valence-corrected chi connectivity index (χ0v) is 14.2. The van der Waals surface area contributed by atoms with Crippen molar-refractivity contribution in [1.29, 1.82) is 0 Å². The van der Waals surface area contributed by atoms with Gasteiger partial charge in [0.15, 0.2) is 0 Å². The Labute approximate surface area is 134 Å². The zero-order valence-electron chi connectivity index (χ0n) is 11.9. The van der Waals surface area contributed by atoms with Gasteiger partial charge in [-0.25, -0.2) is 8.42 Å². The van der Waals surface area contributed by atoms with Gasteiger partial charge in [0.25, 0.3) is 15.0 Å². The van der Waals surface area contributed by atoms with Crippen molar-refractivity contribution in [3.05, 3.63) is 28.3 Å². The van der Waals surface area contributed by atoms with Crippen LogP contribution in [0.15, 0.2) is 17.0 Å². The van der Waals surface area contributed by atoms with Crippen LogP contribution in [0.1, 0.15) is 35.7 Å². The van der Waals surface area contributed by atoms with Crippen LogP contribution in [-0.4, -0.2) is 32.3 Å². The fourth-order valence-electron chi connectivity index (χ4n) is 2.54. The van der Waals surface area contributed by atoms with E-state index in [2.05, 4.69) is 6.92 Å². The van der Waals surface area contributed by atoms with Gasteiger partial charge >= 0.3 is 0 Å². The third kappa shape index (κ3) is 3.52. The molecule has 0 radical (unpaired) electrons. The molecule has 1 aliphatic heterocycles. The minimum Gasteiger partial charge on any atom is -0.338 e. The summed E-state index contributed by atoms with van der Waals surface area (Å²) in [6.07, 6.45) is 2.00. The minimum atomic E-state index is -3.92. The highest BCUT2D eigenvalue weighted by Gasteiger charge is 2.28. The van der Waals surface area contributed by atoms with Crippen molar-refractivity contribution in [2.45, 2.75) is 31.6 Å². The molecule has 1 fully saturated rings. The first-order valence-corrected chi connectivity index (χ1v) is 9.46. The van der Waals surface area contributed by atoms with Crippen LogP contribution in [0.25, 0.3) is 0 Å². The number of nitrogens with zero attached hydrogens (tertiary/aromatic N) is 1. The van der Waals surface area contributed by atoms with Crippen LogP contribution in [-0.2, 0) is 9.05 Å². The van der Waals surface area contributed by atoms with E-state index in [-0.39, 0.29) is 15.8 Å². The second-order valence-electron chi connectivity index (χ2n) is 5.33. The number of carbonyl (C=O) groups is 1. The Balaban J connectivity index is 2.39. The highest BCUT2D eigenvalue weighted by molar-refractivity contribution is 8.13. The molecule has 4 nitrogen and oxygen atoms in total. The summed E-state index contributed by atoms with van der Waals surface area (Å²) in [4.78, 5) is 14.2. The molecule has 0 bridgehead atoms. The summed E-state index contributed by atoms with van der Waals surface area (Å²) in [7, 11) is 1.43. The molecule has 1 unspecified atom stereocenters. The van der Waals surface area contributed by atoms with Crippen molar-refractivity contribution < 1.29 is 13.2 Å². The number of hydrogen-bond acceptors (Lipinski definition) is 3. The molecular weight excluding hydrogens is 333 g/mol. The largest absolute Gasteiger partial charge is 0.338 e. The van der Waals surface area contributed by atoms with Crippen LogP contribution in [0, 0.1) is 12.8 Å². The number of likely N-dealkylation sites (tertiary alicyclic amines) is 1. The number of amides is 1. The molecule has 0 aromatic heterocycles. The molecular formula is C14H17Cl2NO3S. The number of benzene rings is 1. The van der Waals surface area contributed by atoms with Gasteiger partial charge in [-0.15, -0.1) is 0 Å². The normalized spacial score (nSPS) is 19.0. The van der Waals surface area contributed by atoms with E-state index < -0.39 is 9.05 Å². The monoisotopic (exact) mass is 349 g/mol. The molecule has 116 valence electrons. The summed E-state index contributed by atoms with van der Waals surface area (Å²) in [5, 5.41) is 0.228. The number of rotatable bonds is 3. The molecule has 0 aliphatic carbocycles. The Bertz CT molecular complexity index is 673. The van der Waals surface area contributed by atoms with Gasteiger partial charge in [0.1, 0.15) is 0 Å². The first-order valence-electron chi connectivity index (χ1n) is 6.78. The highest BCUT2D eigenvalue weighted by atomic mass is 35.7. The first-order chi connectivity index (χ1) is 9.74. The van der Waals surface area contributed by atoms with Crippen molar-refractivity contribution in [3.63, 3.8) is 0 Å². The molecule has 1 saturated heterocycles. The first kappa shape index (κ1) is 16.6. The molecule has 2 rings (SSSR count). The topological polar surface area (TPSA) is 54.5 Å². The van der Waals surface area contributed by atoms with Gasteiger partial charge in [-0.1, -0.05) is 24.9 Å². The molecule has 1 amide bonds. The summed E-state index contributed by atoms with van der Waals surface area (Å²) in [6, 6.07) is 2.58. The third-order valence-electron chi connectivity index (χ3n) is 3.98. The molecule has 0 N–H and O–H groups in total. The lowest BCUT2D eigenvalue weighted by Crippen LogP contribution is -2.29. The van der Waals surface area contributed by atoms with E-state index in [0.29, 0.717) is 30.1 Å². The van der Waals surface area contributed by atoms with E-state index in [1.54, 1.807) is 11.8 Å². The van der Waals surface area contributed by atoms with E-state index in [4.69, 9.17) is 22.3 Å². The maximum Gasteiger partial charge on any atom is 0.261 e. The van der Waals surface area contributed by atoms with Crippen molar-refractivity contribution in [3.8, 4) is 0 Å². The van der Waals surface area contributed by atoms with Crippen LogP contribution in [0.2, 0.25) is 5.02 Å². The van der Waals surface area contributed by atoms with Crippen molar-refractivity contribution in [2.75, 3.05) is 13.1 Å². The molecule has 7 heteroatoms. The van der Waals surface area contributed by atoms with Crippen molar-refractivity contribution in [1.82, 2.24) is 4.90 Å². The van der Waals surface area contributed by atoms with Crippen LogP contribution in [0.4, 0.5) is 0 Å². The van der Waals surface area contributed by atoms with Crippen molar-refractivity contribution >= 4 is 37.2 Å². The summed E-state index contributed by atoms with van der Waals surface area (Å²) < 4.78 is 22.9. The molecule has 21 heavy (non-hydrogen) atoms. The smallest absolute Gasteiger partial charge is 0.261 e. The Kier molecular flexibility index (Phi) is 4.85. The molecule has 1 aliphatic rings. The lowest BCUT2D eigenvalue weighted by molar-refractivity contribution is 0.0786. The van der Waals surface area contributed by atoms with Crippen LogP contribution in [0.5, 0.6) is 0 Å². The second kappa shape index (κ2) is 6.15. The Morgan fingerprint density at radius 3 is 2.62 bits per heavy atom. The van der Waals surface area contributed by atoms with Gasteiger partial charge < -0.3 is 4.90 Å². The number of hydrogen-bond donors (Lipinski definition) is 0. The third-order valence-corrected chi connectivity index (χ3v) is 5.71. The second-order valence-corrected chi connectivity index (χ2v) is 8.30. The van der Waals surface area contributed by atoms with E-state index in [1.807, 2.05) is 0 Å². The van der Waals surface area contributed by atoms with Gasteiger partial charge in [0.2, 0.25) is 0 Å². The SMILES string of the molecule is CCC1CCN(C(=O)c2cc(S(=O)(=O)Cl)cc(Cl)c2C)C1. The van der Waals surface area contributed by atoms with E-state index in [9.17, 15) is 13.2 Å². The summed E-state index contributed by atoms with van der Waals surface area (Å²) in [5.74, 6) is 0.317.